The first kappa shape index (κ1) is 17.4. The molecule has 0 bridgehead atoms. The molecular formula is C18H20ClN3O3. The number of piperazine rings is 1. The van der Waals surface area contributed by atoms with E-state index in [2.05, 4.69) is 9.88 Å². The van der Waals surface area contributed by atoms with Crippen LogP contribution in [0.3, 0.4) is 0 Å². The van der Waals surface area contributed by atoms with Gasteiger partial charge in [-0.05, 0) is 24.3 Å². The lowest BCUT2D eigenvalue weighted by Crippen LogP contribution is -2.48. The van der Waals surface area contributed by atoms with Crippen molar-refractivity contribution in [1.29, 1.82) is 0 Å². The fraction of sp³-hybridized carbons (Fsp3) is 0.333. The number of nitrogens with zero attached hydrogens (tertiary/aromatic N) is 3. The number of rotatable bonds is 4. The lowest BCUT2D eigenvalue weighted by molar-refractivity contribution is 0.0743. The highest BCUT2D eigenvalue weighted by atomic mass is 35.5. The van der Waals surface area contributed by atoms with Gasteiger partial charge in [0.15, 0.2) is 0 Å². The molecule has 1 saturated heterocycles. The number of hydrogen-bond donors (Lipinski definition) is 0. The molecule has 0 N–H and O–H groups in total. The fourth-order valence-corrected chi connectivity index (χ4v) is 3.07. The van der Waals surface area contributed by atoms with Crippen LogP contribution in [-0.4, -0.2) is 56.2 Å². The summed E-state index contributed by atoms with van der Waals surface area (Å²) in [5.74, 6) is 1.15. The molecule has 25 heavy (non-hydrogen) atoms. The highest BCUT2D eigenvalue weighted by Gasteiger charge is 2.24. The van der Waals surface area contributed by atoms with Gasteiger partial charge in [0.1, 0.15) is 16.7 Å². The minimum Gasteiger partial charge on any atom is -0.497 e. The van der Waals surface area contributed by atoms with Gasteiger partial charge in [-0.25, -0.2) is 4.98 Å². The van der Waals surface area contributed by atoms with Crippen LogP contribution in [-0.2, 0) is 0 Å². The molecule has 0 atom stereocenters. The Balaban J connectivity index is 1.69. The first-order valence-corrected chi connectivity index (χ1v) is 8.38. The maximum atomic E-state index is 12.8. The topological polar surface area (TPSA) is 54.9 Å². The Morgan fingerprint density at radius 1 is 1.08 bits per heavy atom. The summed E-state index contributed by atoms with van der Waals surface area (Å²) in [5, 5.41) is 0.471. The van der Waals surface area contributed by atoms with Gasteiger partial charge < -0.3 is 19.3 Å². The zero-order chi connectivity index (χ0) is 17.8. The molecule has 0 saturated carbocycles. The largest absolute Gasteiger partial charge is 0.497 e. The Morgan fingerprint density at radius 2 is 1.84 bits per heavy atom. The van der Waals surface area contributed by atoms with Crippen LogP contribution < -0.4 is 14.4 Å². The molecule has 7 heteroatoms. The molecule has 1 aromatic carbocycles. The Morgan fingerprint density at radius 3 is 2.48 bits per heavy atom. The van der Waals surface area contributed by atoms with E-state index in [-0.39, 0.29) is 5.91 Å². The molecule has 2 aromatic rings. The van der Waals surface area contributed by atoms with Crippen molar-refractivity contribution in [3.05, 3.63) is 47.2 Å². The van der Waals surface area contributed by atoms with Gasteiger partial charge in [0, 0.05) is 44.1 Å². The molecule has 0 unspecified atom stereocenters. The first-order chi connectivity index (χ1) is 12.1. The van der Waals surface area contributed by atoms with E-state index in [4.69, 9.17) is 21.1 Å². The number of halogens is 1. The van der Waals surface area contributed by atoms with E-state index in [9.17, 15) is 4.79 Å². The SMILES string of the molecule is COc1ccc(C(=O)N2CCN(c3ccnc(Cl)c3)CC2)c(OC)c1. The van der Waals surface area contributed by atoms with Crippen molar-refractivity contribution >= 4 is 23.2 Å². The van der Waals surface area contributed by atoms with E-state index in [1.807, 2.05) is 17.0 Å². The number of benzene rings is 1. The molecule has 1 aromatic heterocycles. The number of pyridine rings is 1. The van der Waals surface area contributed by atoms with Gasteiger partial charge in [-0.3, -0.25) is 4.79 Å². The van der Waals surface area contributed by atoms with E-state index >= 15 is 0 Å². The number of aromatic nitrogens is 1. The van der Waals surface area contributed by atoms with Gasteiger partial charge in [-0.1, -0.05) is 11.6 Å². The number of anilines is 1. The smallest absolute Gasteiger partial charge is 0.257 e. The number of carbonyl (C=O) groups excluding carboxylic acids is 1. The van der Waals surface area contributed by atoms with Crippen LogP contribution in [0.5, 0.6) is 11.5 Å². The van der Waals surface area contributed by atoms with Crippen LogP contribution in [0.15, 0.2) is 36.5 Å². The number of amides is 1. The predicted molar refractivity (Wildman–Crippen MR) is 96.9 cm³/mol. The average molecular weight is 362 g/mol. The van der Waals surface area contributed by atoms with Gasteiger partial charge in [-0.2, -0.15) is 0 Å². The maximum absolute atomic E-state index is 12.8. The Bertz CT molecular complexity index is 761. The fourth-order valence-electron chi connectivity index (χ4n) is 2.90. The van der Waals surface area contributed by atoms with Crippen LogP contribution in [0, 0.1) is 0 Å². The van der Waals surface area contributed by atoms with E-state index in [0.717, 1.165) is 18.8 Å². The van der Waals surface area contributed by atoms with Gasteiger partial charge >= 0.3 is 0 Å². The highest BCUT2D eigenvalue weighted by molar-refractivity contribution is 6.29. The second-order valence-electron chi connectivity index (χ2n) is 5.68. The minimum absolute atomic E-state index is 0.0353. The van der Waals surface area contributed by atoms with Crippen LogP contribution in [0.4, 0.5) is 5.69 Å². The van der Waals surface area contributed by atoms with Gasteiger partial charge in [0.25, 0.3) is 5.91 Å². The summed E-state index contributed by atoms with van der Waals surface area (Å²) in [5.41, 5.74) is 1.57. The molecule has 132 valence electrons. The third kappa shape index (κ3) is 3.79. The van der Waals surface area contributed by atoms with Crippen molar-refractivity contribution in [2.45, 2.75) is 0 Å². The number of ether oxygens (including phenoxy) is 2. The van der Waals surface area contributed by atoms with E-state index in [1.54, 1.807) is 38.6 Å². The van der Waals surface area contributed by atoms with Gasteiger partial charge in [0.2, 0.25) is 0 Å². The number of hydrogen-bond acceptors (Lipinski definition) is 5. The zero-order valence-corrected chi connectivity index (χ0v) is 15.0. The normalized spacial score (nSPS) is 14.4. The van der Waals surface area contributed by atoms with Crippen molar-refractivity contribution in [2.75, 3.05) is 45.3 Å². The molecule has 6 nitrogen and oxygen atoms in total. The van der Waals surface area contributed by atoms with Crippen LogP contribution in [0.1, 0.15) is 10.4 Å². The summed E-state index contributed by atoms with van der Waals surface area (Å²) in [6.07, 6.45) is 1.69. The Kier molecular flexibility index (Phi) is 5.28. The zero-order valence-electron chi connectivity index (χ0n) is 14.2. The predicted octanol–water partition coefficient (Wildman–Crippen LogP) is 2.71. The summed E-state index contributed by atoms with van der Waals surface area (Å²) >= 11 is 5.95. The van der Waals surface area contributed by atoms with Crippen LogP contribution in [0.2, 0.25) is 5.15 Å². The standard InChI is InChI=1S/C18H20ClN3O3/c1-24-14-3-4-15(16(12-14)25-2)18(23)22-9-7-21(8-10-22)13-5-6-20-17(19)11-13/h3-6,11-12H,7-10H2,1-2H3. The molecule has 3 rings (SSSR count). The van der Waals surface area contributed by atoms with E-state index in [0.29, 0.717) is 35.3 Å². The van der Waals surface area contributed by atoms with Crippen molar-refractivity contribution in [1.82, 2.24) is 9.88 Å². The molecule has 1 aliphatic rings. The second-order valence-corrected chi connectivity index (χ2v) is 6.07. The van der Waals surface area contributed by atoms with E-state index < -0.39 is 0 Å². The van der Waals surface area contributed by atoms with Gasteiger partial charge in [0.05, 0.1) is 19.8 Å². The quantitative estimate of drug-likeness (QED) is 0.784. The van der Waals surface area contributed by atoms with Crippen LogP contribution >= 0.6 is 11.6 Å². The minimum atomic E-state index is -0.0353. The average Bonchev–Trinajstić information content (AvgIpc) is 2.67. The molecule has 0 spiro atoms. The first-order valence-electron chi connectivity index (χ1n) is 8.00. The summed E-state index contributed by atoms with van der Waals surface area (Å²) < 4.78 is 10.5. The highest BCUT2D eigenvalue weighted by Crippen LogP contribution is 2.26. The van der Waals surface area contributed by atoms with E-state index in [1.165, 1.54) is 0 Å². The summed E-state index contributed by atoms with van der Waals surface area (Å²) in [4.78, 5) is 20.9. The van der Waals surface area contributed by atoms with Gasteiger partial charge in [-0.15, -0.1) is 0 Å². The molecule has 1 aliphatic heterocycles. The summed E-state index contributed by atoms with van der Waals surface area (Å²) in [6.45, 7) is 2.75. The van der Waals surface area contributed by atoms with Crippen LogP contribution in [0.25, 0.3) is 0 Å². The summed E-state index contributed by atoms with van der Waals surface area (Å²) in [7, 11) is 3.14. The van der Waals surface area contributed by atoms with Crippen molar-refractivity contribution in [3.8, 4) is 11.5 Å². The van der Waals surface area contributed by atoms with Crippen molar-refractivity contribution < 1.29 is 14.3 Å². The lowest BCUT2D eigenvalue weighted by atomic mass is 10.1. The molecule has 1 amide bonds. The third-order valence-electron chi connectivity index (χ3n) is 4.28. The monoisotopic (exact) mass is 361 g/mol. The molecule has 0 radical (unpaired) electrons. The molecule has 1 fully saturated rings. The molecule has 0 aliphatic carbocycles. The lowest BCUT2D eigenvalue weighted by Gasteiger charge is -2.36. The Labute approximate surface area is 151 Å². The summed E-state index contributed by atoms with van der Waals surface area (Å²) in [6, 6.07) is 9.00. The second kappa shape index (κ2) is 7.61. The third-order valence-corrected chi connectivity index (χ3v) is 4.49. The van der Waals surface area contributed by atoms with Crippen molar-refractivity contribution in [2.24, 2.45) is 0 Å². The molecular weight excluding hydrogens is 342 g/mol. The number of methoxy groups -OCH3 is 2. The number of carbonyl (C=O) groups is 1. The molecule has 2 heterocycles. The Hall–Kier alpha value is -2.47. The van der Waals surface area contributed by atoms with Crippen molar-refractivity contribution in [3.63, 3.8) is 0 Å². The maximum Gasteiger partial charge on any atom is 0.257 e.